The van der Waals surface area contributed by atoms with Crippen molar-refractivity contribution in [3.8, 4) is 0 Å². The minimum atomic E-state index is -0.621. The van der Waals surface area contributed by atoms with Gasteiger partial charge in [-0.25, -0.2) is 0 Å². The monoisotopic (exact) mass is 277 g/mol. The summed E-state index contributed by atoms with van der Waals surface area (Å²) in [5.41, 5.74) is -1.24. The van der Waals surface area contributed by atoms with Crippen LogP contribution in [-0.4, -0.2) is 35.0 Å². The lowest BCUT2D eigenvalue weighted by Gasteiger charge is -2.36. The zero-order valence-electron chi connectivity index (χ0n) is 12.4. The highest BCUT2D eigenvalue weighted by Gasteiger charge is 2.77. The van der Waals surface area contributed by atoms with E-state index in [1.54, 1.807) is 4.90 Å². The van der Waals surface area contributed by atoms with Crippen LogP contribution in [0.4, 0.5) is 0 Å². The third-order valence-corrected chi connectivity index (χ3v) is 6.65. The Hall–Kier alpha value is -0.900. The van der Waals surface area contributed by atoms with Gasteiger partial charge in [-0.1, -0.05) is 19.3 Å². The zero-order valence-corrected chi connectivity index (χ0v) is 12.4. The van der Waals surface area contributed by atoms with Gasteiger partial charge in [0.1, 0.15) is 0 Å². The fourth-order valence-electron chi connectivity index (χ4n) is 5.14. The first-order valence-corrected chi connectivity index (χ1v) is 8.05. The number of hydrogen-bond donors (Lipinski definition) is 0. The molecule has 110 valence electrons. The van der Waals surface area contributed by atoms with E-state index < -0.39 is 10.8 Å². The van der Waals surface area contributed by atoms with Crippen molar-refractivity contribution in [2.45, 2.75) is 77.0 Å². The molecule has 2 amide bonds. The first kappa shape index (κ1) is 12.8. The molecule has 2 bridgehead atoms. The summed E-state index contributed by atoms with van der Waals surface area (Å²) in [5, 5.41) is 0. The van der Waals surface area contributed by atoms with E-state index in [2.05, 4.69) is 0 Å². The van der Waals surface area contributed by atoms with Crippen LogP contribution in [0.2, 0.25) is 0 Å². The minimum Gasteiger partial charge on any atom is -0.373 e. The molecular weight excluding hydrogens is 254 g/mol. The van der Waals surface area contributed by atoms with E-state index in [9.17, 15) is 9.59 Å². The average molecular weight is 277 g/mol. The van der Waals surface area contributed by atoms with Gasteiger partial charge in [0.15, 0.2) is 0 Å². The molecule has 20 heavy (non-hydrogen) atoms. The second-order valence-corrected chi connectivity index (χ2v) is 7.37. The fourth-order valence-corrected chi connectivity index (χ4v) is 5.14. The average Bonchev–Trinajstić information content (AvgIpc) is 3.06. The van der Waals surface area contributed by atoms with Gasteiger partial charge in [-0.15, -0.1) is 0 Å². The number of carbonyl (C=O) groups excluding carboxylic acids is 2. The van der Waals surface area contributed by atoms with Gasteiger partial charge < -0.3 is 4.74 Å². The SMILES string of the molecule is C[C@@]12C(=O)N(C3CCCCC3)C(=O)[C@]1(C)[C@H]1CC[C@@H]2O1. The van der Waals surface area contributed by atoms with E-state index in [4.69, 9.17) is 4.74 Å². The highest BCUT2D eigenvalue weighted by molar-refractivity contribution is 6.11. The van der Waals surface area contributed by atoms with Crippen molar-refractivity contribution in [1.29, 1.82) is 0 Å². The standard InChI is InChI=1S/C16H23NO3/c1-15-11-8-9-12(20-11)16(15,2)14(19)17(13(15)18)10-6-4-3-5-7-10/h10-12H,3-9H2,1-2H3/t11-,12+,15+,16-. The smallest absolute Gasteiger partial charge is 0.239 e. The Morgan fingerprint density at radius 2 is 1.40 bits per heavy atom. The topological polar surface area (TPSA) is 46.6 Å². The molecule has 4 nitrogen and oxygen atoms in total. The second kappa shape index (κ2) is 3.85. The number of carbonyl (C=O) groups is 2. The molecule has 3 saturated heterocycles. The normalized spacial score (nSPS) is 48.2. The number of imide groups is 1. The summed E-state index contributed by atoms with van der Waals surface area (Å²) in [6.07, 6.45) is 7.22. The van der Waals surface area contributed by atoms with Crippen LogP contribution < -0.4 is 0 Å². The molecule has 4 fully saturated rings. The molecule has 0 aromatic carbocycles. The maximum absolute atomic E-state index is 13.0. The molecular formula is C16H23NO3. The van der Waals surface area contributed by atoms with Gasteiger partial charge in [0, 0.05) is 6.04 Å². The Bertz CT molecular complexity index is 450. The zero-order chi connectivity index (χ0) is 14.1. The largest absolute Gasteiger partial charge is 0.373 e. The Morgan fingerprint density at radius 1 is 0.900 bits per heavy atom. The predicted octanol–water partition coefficient (Wildman–Crippen LogP) is 2.26. The van der Waals surface area contributed by atoms with Gasteiger partial charge in [0.05, 0.1) is 23.0 Å². The van der Waals surface area contributed by atoms with Crippen LogP contribution in [0.1, 0.15) is 58.8 Å². The Balaban J connectivity index is 1.75. The lowest BCUT2D eigenvalue weighted by Crippen LogP contribution is -2.48. The molecule has 0 spiro atoms. The van der Waals surface area contributed by atoms with Gasteiger partial charge in [0.2, 0.25) is 11.8 Å². The first-order chi connectivity index (χ1) is 9.51. The summed E-state index contributed by atoms with van der Waals surface area (Å²) < 4.78 is 5.95. The molecule has 0 unspecified atom stereocenters. The Kier molecular flexibility index (Phi) is 2.46. The number of nitrogens with zero attached hydrogens (tertiary/aromatic N) is 1. The Labute approximate surface area is 119 Å². The van der Waals surface area contributed by atoms with Crippen LogP contribution in [0.5, 0.6) is 0 Å². The number of amides is 2. The maximum Gasteiger partial charge on any atom is 0.239 e. The van der Waals surface area contributed by atoms with E-state index >= 15 is 0 Å². The van der Waals surface area contributed by atoms with Crippen LogP contribution in [0.25, 0.3) is 0 Å². The summed E-state index contributed by atoms with van der Waals surface area (Å²) in [4.78, 5) is 27.7. The summed E-state index contributed by atoms with van der Waals surface area (Å²) in [5.74, 6) is 0.0909. The summed E-state index contributed by atoms with van der Waals surface area (Å²) in [6, 6.07) is 0.141. The highest BCUT2D eigenvalue weighted by atomic mass is 16.5. The van der Waals surface area contributed by atoms with Crippen LogP contribution in [0.15, 0.2) is 0 Å². The lowest BCUT2D eigenvalue weighted by atomic mass is 9.59. The van der Waals surface area contributed by atoms with Crippen LogP contribution in [0.3, 0.4) is 0 Å². The van der Waals surface area contributed by atoms with E-state index in [-0.39, 0.29) is 30.1 Å². The second-order valence-electron chi connectivity index (χ2n) is 7.37. The van der Waals surface area contributed by atoms with E-state index in [1.807, 2.05) is 13.8 Å². The van der Waals surface area contributed by atoms with Crippen molar-refractivity contribution in [3.05, 3.63) is 0 Å². The molecule has 0 N–H and O–H groups in total. The summed E-state index contributed by atoms with van der Waals surface area (Å²) >= 11 is 0. The maximum atomic E-state index is 13.0. The molecule has 0 aromatic heterocycles. The lowest BCUT2D eigenvalue weighted by molar-refractivity contribution is -0.148. The summed E-state index contributed by atoms with van der Waals surface area (Å²) in [7, 11) is 0. The molecule has 3 aliphatic heterocycles. The molecule has 4 heteroatoms. The van der Waals surface area contributed by atoms with Gasteiger partial charge in [0.25, 0.3) is 0 Å². The summed E-state index contributed by atoms with van der Waals surface area (Å²) in [6.45, 7) is 3.94. The predicted molar refractivity (Wildman–Crippen MR) is 72.8 cm³/mol. The number of hydrogen-bond acceptors (Lipinski definition) is 3. The number of fused-ring (bicyclic) bond motifs is 5. The van der Waals surface area contributed by atoms with Crippen molar-refractivity contribution in [1.82, 2.24) is 4.90 Å². The van der Waals surface area contributed by atoms with E-state index in [1.165, 1.54) is 6.42 Å². The third-order valence-electron chi connectivity index (χ3n) is 6.65. The van der Waals surface area contributed by atoms with Gasteiger partial charge in [-0.2, -0.15) is 0 Å². The van der Waals surface area contributed by atoms with Gasteiger partial charge in [-0.3, -0.25) is 14.5 Å². The van der Waals surface area contributed by atoms with Crippen LogP contribution in [-0.2, 0) is 14.3 Å². The Morgan fingerprint density at radius 3 is 1.90 bits per heavy atom. The molecule has 4 atom stereocenters. The van der Waals surface area contributed by atoms with Gasteiger partial charge in [-0.05, 0) is 39.5 Å². The van der Waals surface area contributed by atoms with Gasteiger partial charge >= 0.3 is 0 Å². The molecule has 0 aromatic rings. The molecule has 0 radical (unpaired) electrons. The molecule has 1 aliphatic carbocycles. The number of rotatable bonds is 1. The molecule has 1 saturated carbocycles. The third kappa shape index (κ3) is 1.19. The van der Waals surface area contributed by atoms with Crippen molar-refractivity contribution in [2.75, 3.05) is 0 Å². The number of likely N-dealkylation sites (tertiary alicyclic amines) is 1. The van der Waals surface area contributed by atoms with Crippen molar-refractivity contribution in [3.63, 3.8) is 0 Å². The van der Waals surface area contributed by atoms with Crippen LogP contribution in [0, 0.1) is 10.8 Å². The van der Waals surface area contributed by atoms with E-state index in [0.717, 1.165) is 38.5 Å². The fraction of sp³-hybridized carbons (Fsp3) is 0.875. The number of ether oxygens (including phenoxy) is 1. The van der Waals surface area contributed by atoms with Crippen LogP contribution >= 0.6 is 0 Å². The van der Waals surface area contributed by atoms with Crippen molar-refractivity contribution in [2.24, 2.45) is 10.8 Å². The quantitative estimate of drug-likeness (QED) is 0.691. The van der Waals surface area contributed by atoms with Crippen molar-refractivity contribution < 1.29 is 14.3 Å². The molecule has 4 rings (SSSR count). The van der Waals surface area contributed by atoms with E-state index in [0.29, 0.717) is 0 Å². The molecule has 3 heterocycles. The molecule has 4 aliphatic rings. The first-order valence-electron chi connectivity index (χ1n) is 8.05. The highest BCUT2D eigenvalue weighted by Crippen LogP contribution is 2.64. The van der Waals surface area contributed by atoms with Crippen molar-refractivity contribution >= 4 is 11.8 Å². The minimum absolute atomic E-state index is 0.0455.